The molecule has 0 aromatic carbocycles. The Balaban J connectivity index is 3.29. The lowest BCUT2D eigenvalue weighted by Crippen LogP contribution is -2.02. The summed E-state index contributed by atoms with van der Waals surface area (Å²) >= 11 is 0. The Labute approximate surface area is 133 Å². The molecule has 0 N–H and O–H groups in total. The Bertz CT molecular complexity index is 232. The number of aldehydes is 1. The predicted octanol–water partition coefficient (Wildman–Crippen LogP) is 6.86. The van der Waals surface area contributed by atoms with Crippen molar-refractivity contribution in [3.63, 3.8) is 0 Å². The molecule has 0 saturated carbocycles. The number of unbranched alkanes of at least 4 members (excludes halogenated alkanes) is 10. The summed E-state index contributed by atoms with van der Waals surface area (Å²) in [4.78, 5) is 11.1. The zero-order valence-electron chi connectivity index (χ0n) is 14.6. The molecule has 0 rings (SSSR count). The van der Waals surface area contributed by atoms with E-state index in [9.17, 15) is 4.79 Å². The molecule has 1 heteroatoms. The van der Waals surface area contributed by atoms with Gasteiger partial charge in [0.05, 0.1) is 0 Å². The maximum absolute atomic E-state index is 11.1. The van der Waals surface area contributed by atoms with Crippen LogP contribution in [-0.2, 0) is 4.79 Å². The van der Waals surface area contributed by atoms with Crippen molar-refractivity contribution < 1.29 is 4.79 Å². The molecule has 0 aromatic rings. The van der Waals surface area contributed by atoms with E-state index >= 15 is 0 Å². The van der Waals surface area contributed by atoms with Crippen molar-refractivity contribution in [1.29, 1.82) is 0 Å². The van der Waals surface area contributed by atoms with Gasteiger partial charge in [0.1, 0.15) is 6.29 Å². The molecule has 1 unspecified atom stereocenters. The van der Waals surface area contributed by atoms with Gasteiger partial charge in [-0.25, -0.2) is 0 Å². The largest absolute Gasteiger partial charge is 0.303 e. The topological polar surface area (TPSA) is 17.1 Å². The van der Waals surface area contributed by atoms with Gasteiger partial charge in [-0.1, -0.05) is 83.3 Å². The van der Waals surface area contributed by atoms with Crippen molar-refractivity contribution in [3.05, 3.63) is 12.2 Å². The number of rotatable bonds is 16. The predicted molar refractivity (Wildman–Crippen MR) is 94.7 cm³/mol. The van der Waals surface area contributed by atoms with Gasteiger partial charge in [-0.05, 0) is 32.6 Å². The second-order valence-electron chi connectivity index (χ2n) is 6.37. The highest BCUT2D eigenvalue weighted by Gasteiger charge is 2.06. The van der Waals surface area contributed by atoms with Crippen LogP contribution in [-0.4, -0.2) is 6.29 Å². The molecular formula is C20H38O. The van der Waals surface area contributed by atoms with E-state index in [2.05, 4.69) is 26.0 Å². The lowest BCUT2D eigenvalue weighted by atomic mass is 9.95. The van der Waals surface area contributed by atoms with Crippen molar-refractivity contribution >= 4 is 6.29 Å². The van der Waals surface area contributed by atoms with E-state index in [1.807, 2.05) is 0 Å². The Morgan fingerprint density at radius 2 is 1.29 bits per heavy atom. The molecule has 124 valence electrons. The highest BCUT2D eigenvalue weighted by molar-refractivity contribution is 5.53. The summed E-state index contributed by atoms with van der Waals surface area (Å²) in [6, 6.07) is 0. The summed E-state index contributed by atoms with van der Waals surface area (Å²) in [5.74, 6) is 0.336. The lowest BCUT2D eigenvalue weighted by Gasteiger charge is -2.09. The first kappa shape index (κ1) is 20.4. The molecular weight excluding hydrogens is 256 g/mol. The third kappa shape index (κ3) is 15.6. The van der Waals surface area contributed by atoms with Crippen LogP contribution < -0.4 is 0 Å². The average molecular weight is 295 g/mol. The van der Waals surface area contributed by atoms with Gasteiger partial charge in [0.25, 0.3) is 0 Å². The summed E-state index contributed by atoms with van der Waals surface area (Å²) in [7, 11) is 0. The van der Waals surface area contributed by atoms with Gasteiger partial charge in [-0.15, -0.1) is 0 Å². The number of carbonyl (C=O) groups excluding carboxylic acids is 1. The fraction of sp³-hybridized carbons (Fsp3) is 0.850. The van der Waals surface area contributed by atoms with Crippen LogP contribution in [0.15, 0.2) is 12.2 Å². The van der Waals surface area contributed by atoms with E-state index in [0.29, 0.717) is 5.92 Å². The first-order valence-corrected chi connectivity index (χ1v) is 9.41. The Morgan fingerprint density at radius 1 is 0.762 bits per heavy atom. The van der Waals surface area contributed by atoms with Crippen LogP contribution in [0.2, 0.25) is 0 Å². The fourth-order valence-electron chi connectivity index (χ4n) is 2.83. The van der Waals surface area contributed by atoms with Crippen LogP contribution in [0, 0.1) is 5.92 Å². The van der Waals surface area contributed by atoms with Crippen LogP contribution in [0.25, 0.3) is 0 Å². The van der Waals surface area contributed by atoms with Crippen molar-refractivity contribution in [1.82, 2.24) is 0 Å². The zero-order chi connectivity index (χ0) is 15.6. The normalized spacial score (nSPS) is 12.9. The summed E-state index contributed by atoms with van der Waals surface area (Å²) in [6.07, 6.45) is 23.6. The van der Waals surface area contributed by atoms with Gasteiger partial charge in [0.15, 0.2) is 0 Å². The van der Waals surface area contributed by atoms with Crippen molar-refractivity contribution in [3.8, 4) is 0 Å². The third-order valence-electron chi connectivity index (χ3n) is 4.30. The van der Waals surface area contributed by atoms with Gasteiger partial charge in [0.2, 0.25) is 0 Å². The molecule has 0 aliphatic heterocycles. The molecule has 1 atom stereocenters. The second kappa shape index (κ2) is 17.5. The number of allylic oxidation sites excluding steroid dienone is 2. The molecule has 0 spiro atoms. The summed E-state index contributed by atoms with van der Waals surface area (Å²) < 4.78 is 0. The number of carbonyl (C=O) groups is 1. The van der Waals surface area contributed by atoms with Gasteiger partial charge in [-0.2, -0.15) is 0 Å². The molecule has 0 saturated heterocycles. The Kier molecular flexibility index (Phi) is 17.0. The highest BCUT2D eigenvalue weighted by Crippen LogP contribution is 2.17. The van der Waals surface area contributed by atoms with Gasteiger partial charge >= 0.3 is 0 Å². The van der Waals surface area contributed by atoms with E-state index in [-0.39, 0.29) is 0 Å². The molecule has 0 radical (unpaired) electrons. The van der Waals surface area contributed by atoms with E-state index in [0.717, 1.165) is 12.8 Å². The van der Waals surface area contributed by atoms with E-state index in [1.165, 1.54) is 83.3 Å². The zero-order valence-corrected chi connectivity index (χ0v) is 14.6. The molecule has 0 aromatic heterocycles. The molecule has 0 aliphatic carbocycles. The molecule has 21 heavy (non-hydrogen) atoms. The smallest absolute Gasteiger partial charge is 0.123 e. The monoisotopic (exact) mass is 294 g/mol. The fourth-order valence-corrected chi connectivity index (χ4v) is 2.83. The van der Waals surface area contributed by atoms with Crippen LogP contribution in [0.4, 0.5) is 0 Å². The molecule has 0 amide bonds. The maximum atomic E-state index is 11.1. The maximum Gasteiger partial charge on any atom is 0.123 e. The van der Waals surface area contributed by atoms with Crippen LogP contribution in [0.1, 0.15) is 104 Å². The Morgan fingerprint density at radius 3 is 1.81 bits per heavy atom. The van der Waals surface area contributed by atoms with Crippen molar-refractivity contribution in [2.45, 2.75) is 104 Å². The summed E-state index contributed by atoms with van der Waals surface area (Å²) in [5, 5.41) is 0. The standard InChI is InChI=1S/C20H38O/c1-3-5-7-9-10-11-12-13-14-16-18-20(19-21)17-15-8-6-4-2/h3,5,19-20H,4,6-18H2,1-2H3. The second-order valence-corrected chi connectivity index (χ2v) is 6.37. The average Bonchev–Trinajstić information content (AvgIpc) is 2.51. The van der Waals surface area contributed by atoms with E-state index in [4.69, 9.17) is 0 Å². The van der Waals surface area contributed by atoms with Crippen LogP contribution >= 0.6 is 0 Å². The number of hydrogen-bond acceptors (Lipinski definition) is 1. The number of hydrogen-bond donors (Lipinski definition) is 0. The van der Waals surface area contributed by atoms with Crippen molar-refractivity contribution in [2.24, 2.45) is 5.92 Å². The Hall–Kier alpha value is -0.590. The lowest BCUT2D eigenvalue weighted by molar-refractivity contribution is -0.111. The summed E-state index contributed by atoms with van der Waals surface area (Å²) in [5.41, 5.74) is 0. The minimum Gasteiger partial charge on any atom is -0.303 e. The quantitative estimate of drug-likeness (QED) is 0.173. The third-order valence-corrected chi connectivity index (χ3v) is 4.30. The molecule has 0 heterocycles. The van der Waals surface area contributed by atoms with E-state index in [1.54, 1.807) is 0 Å². The molecule has 0 aliphatic rings. The molecule has 1 nitrogen and oxygen atoms in total. The van der Waals surface area contributed by atoms with Crippen LogP contribution in [0.5, 0.6) is 0 Å². The van der Waals surface area contributed by atoms with Gasteiger partial charge in [0, 0.05) is 5.92 Å². The molecule has 0 bridgehead atoms. The minimum atomic E-state index is 0.336. The SMILES string of the molecule is CC=CCCCCCCCCCC(C=O)CCCCCC. The summed E-state index contributed by atoms with van der Waals surface area (Å²) in [6.45, 7) is 4.33. The van der Waals surface area contributed by atoms with Gasteiger partial charge in [-0.3, -0.25) is 0 Å². The molecule has 0 fully saturated rings. The van der Waals surface area contributed by atoms with Gasteiger partial charge < -0.3 is 4.79 Å². The highest BCUT2D eigenvalue weighted by atomic mass is 16.1. The van der Waals surface area contributed by atoms with E-state index < -0.39 is 0 Å². The minimum absolute atomic E-state index is 0.336. The van der Waals surface area contributed by atoms with Crippen LogP contribution in [0.3, 0.4) is 0 Å². The van der Waals surface area contributed by atoms with Crippen molar-refractivity contribution in [2.75, 3.05) is 0 Å². The first-order valence-electron chi connectivity index (χ1n) is 9.41. The first-order chi connectivity index (χ1) is 10.3.